The van der Waals surface area contributed by atoms with Gasteiger partial charge in [-0.15, -0.1) is 0 Å². The summed E-state index contributed by atoms with van der Waals surface area (Å²) >= 11 is 0. The van der Waals surface area contributed by atoms with Gasteiger partial charge in [0.15, 0.2) is 0 Å². The van der Waals surface area contributed by atoms with Crippen molar-refractivity contribution >= 4 is 5.91 Å². The first-order chi connectivity index (χ1) is 9.11. The van der Waals surface area contributed by atoms with Crippen molar-refractivity contribution in [3.05, 3.63) is 0 Å². The van der Waals surface area contributed by atoms with Crippen molar-refractivity contribution in [2.45, 2.75) is 63.5 Å². The monoisotopic (exact) mass is 267 g/mol. The van der Waals surface area contributed by atoms with Crippen molar-refractivity contribution in [1.82, 2.24) is 10.2 Å². The molecule has 1 heterocycles. The van der Waals surface area contributed by atoms with Crippen molar-refractivity contribution in [3.63, 3.8) is 0 Å². The molecule has 0 aromatic rings. The molecule has 2 aliphatic rings. The van der Waals surface area contributed by atoms with E-state index >= 15 is 0 Å². The molecule has 0 aromatic carbocycles. The number of amides is 1. The lowest BCUT2D eigenvalue weighted by atomic mass is 9.78. The lowest BCUT2D eigenvalue weighted by molar-refractivity contribution is -0.126. The summed E-state index contributed by atoms with van der Waals surface area (Å²) in [5.74, 6) is 0.688. The van der Waals surface area contributed by atoms with Gasteiger partial charge in [-0.05, 0) is 58.0 Å². The van der Waals surface area contributed by atoms with Crippen molar-refractivity contribution in [1.29, 1.82) is 0 Å². The number of rotatable bonds is 5. The Bertz CT molecular complexity index is 321. The van der Waals surface area contributed by atoms with Gasteiger partial charge in [0.25, 0.3) is 0 Å². The molecule has 1 aliphatic carbocycles. The normalized spacial score (nSPS) is 36.5. The predicted molar refractivity (Wildman–Crippen MR) is 77.8 cm³/mol. The Labute approximate surface area is 117 Å². The van der Waals surface area contributed by atoms with E-state index < -0.39 is 5.54 Å². The first-order valence-electron chi connectivity index (χ1n) is 7.84. The predicted octanol–water partition coefficient (Wildman–Crippen LogP) is 1.49. The number of likely N-dealkylation sites (tertiary alicyclic amines) is 1. The van der Waals surface area contributed by atoms with Crippen LogP contribution in [0.4, 0.5) is 0 Å². The molecule has 1 amide bonds. The Morgan fingerprint density at radius 3 is 2.89 bits per heavy atom. The summed E-state index contributed by atoms with van der Waals surface area (Å²) in [6.45, 7) is 4.69. The Morgan fingerprint density at radius 1 is 1.47 bits per heavy atom. The average molecular weight is 267 g/mol. The third-order valence-electron chi connectivity index (χ3n) is 5.21. The molecule has 1 saturated heterocycles. The van der Waals surface area contributed by atoms with E-state index in [1.54, 1.807) is 0 Å². The second-order valence-electron chi connectivity index (χ2n) is 6.38. The fourth-order valence-corrected chi connectivity index (χ4v) is 3.97. The van der Waals surface area contributed by atoms with E-state index in [0.29, 0.717) is 6.04 Å². The molecule has 3 unspecified atom stereocenters. The molecular weight excluding hydrogens is 238 g/mol. The Kier molecular flexibility index (Phi) is 4.85. The lowest BCUT2D eigenvalue weighted by Gasteiger charge is -2.42. The van der Waals surface area contributed by atoms with Gasteiger partial charge in [-0.2, -0.15) is 0 Å². The van der Waals surface area contributed by atoms with Crippen LogP contribution in [0.3, 0.4) is 0 Å². The molecular formula is C15H29N3O. The summed E-state index contributed by atoms with van der Waals surface area (Å²) < 4.78 is 0. The highest BCUT2D eigenvalue weighted by Gasteiger charge is 2.42. The maximum Gasteiger partial charge on any atom is 0.237 e. The number of likely N-dealkylation sites (N-methyl/N-ethyl adjacent to an activating group) is 1. The molecule has 1 saturated carbocycles. The molecule has 0 bridgehead atoms. The SMILES string of the molecule is CCCC1CCN(C2CCCC(NC)(C(N)=O)C2)C1. The lowest BCUT2D eigenvalue weighted by Crippen LogP contribution is -2.59. The van der Waals surface area contributed by atoms with Gasteiger partial charge in [0, 0.05) is 12.6 Å². The largest absolute Gasteiger partial charge is 0.368 e. The van der Waals surface area contributed by atoms with Crippen LogP contribution in [-0.2, 0) is 4.79 Å². The summed E-state index contributed by atoms with van der Waals surface area (Å²) in [5.41, 5.74) is 5.16. The summed E-state index contributed by atoms with van der Waals surface area (Å²) in [5, 5.41) is 3.21. The zero-order valence-corrected chi connectivity index (χ0v) is 12.5. The molecule has 0 spiro atoms. The van der Waals surface area contributed by atoms with Gasteiger partial charge in [0.1, 0.15) is 0 Å². The first-order valence-corrected chi connectivity index (χ1v) is 7.84. The van der Waals surface area contributed by atoms with Crippen molar-refractivity contribution in [3.8, 4) is 0 Å². The summed E-state index contributed by atoms with van der Waals surface area (Å²) in [7, 11) is 1.87. The van der Waals surface area contributed by atoms with Gasteiger partial charge >= 0.3 is 0 Å². The molecule has 4 heteroatoms. The van der Waals surface area contributed by atoms with Crippen LogP contribution in [0.25, 0.3) is 0 Å². The van der Waals surface area contributed by atoms with Crippen LogP contribution in [0, 0.1) is 5.92 Å². The van der Waals surface area contributed by atoms with Gasteiger partial charge in [0.2, 0.25) is 5.91 Å². The molecule has 3 N–H and O–H groups in total. The van der Waals surface area contributed by atoms with Crippen LogP contribution in [0.15, 0.2) is 0 Å². The minimum atomic E-state index is -0.467. The molecule has 19 heavy (non-hydrogen) atoms. The summed E-state index contributed by atoms with van der Waals surface area (Å²) in [4.78, 5) is 14.4. The fourth-order valence-electron chi connectivity index (χ4n) is 3.97. The van der Waals surface area contributed by atoms with Crippen LogP contribution in [0.5, 0.6) is 0 Å². The van der Waals surface area contributed by atoms with E-state index in [2.05, 4.69) is 17.1 Å². The van der Waals surface area contributed by atoms with Gasteiger partial charge in [-0.3, -0.25) is 4.79 Å². The maximum absolute atomic E-state index is 11.8. The second-order valence-corrected chi connectivity index (χ2v) is 6.38. The van der Waals surface area contributed by atoms with Crippen LogP contribution in [-0.4, -0.2) is 42.5 Å². The number of nitrogens with one attached hydrogen (secondary N) is 1. The molecule has 1 aliphatic heterocycles. The number of primary amides is 1. The number of hydrogen-bond acceptors (Lipinski definition) is 3. The average Bonchev–Trinajstić information content (AvgIpc) is 2.87. The Hall–Kier alpha value is -0.610. The van der Waals surface area contributed by atoms with Gasteiger partial charge in [-0.1, -0.05) is 13.3 Å². The number of nitrogens with zero attached hydrogens (tertiary/aromatic N) is 1. The van der Waals surface area contributed by atoms with E-state index in [0.717, 1.165) is 25.2 Å². The Balaban J connectivity index is 1.96. The highest BCUT2D eigenvalue weighted by atomic mass is 16.1. The van der Waals surface area contributed by atoms with Crippen molar-refractivity contribution < 1.29 is 4.79 Å². The minimum absolute atomic E-state index is 0.177. The molecule has 2 rings (SSSR count). The molecule has 0 aromatic heterocycles. The summed E-state index contributed by atoms with van der Waals surface area (Å²) in [6.07, 6.45) is 8.05. The van der Waals surface area contributed by atoms with Gasteiger partial charge in [0.05, 0.1) is 5.54 Å². The number of carbonyl (C=O) groups excluding carboxylic acids is 1. The van der Waals surface area contributed by atoms with Crippen LogP contribution < -0.4 is 11.1 Å². The molecule has 4 nitrogen and oxygen atoms in total. The zero-order chi connectivity index (χ0) is 13.9. The van der Waals surface area contributed by atoms with Crippen LogP contribution in [0.1, 0.15) is 51.9 Å². The first kappa shape index (κ1) is 14.8. The fraction of sp³-hybridized carbons (Fsp3) is 0.933. The number of hydrogen-bond donors (Lipinski definition) is 2. The standard InChI is InChI=1S/C15H29N3O/c1-3-5-12-7-9-18(11-12)13-6-4-8-15(10-13,17-2)14(16)19/h12-13,17H,3-11H2,1-2H3,(H2,16,19). The third kappa shape index (κ3) is 3.11. The van der Waals surface area contributed by atoms with Crippen molar-refractivity contribution in [2.24, 2.45) is 11.7 Å². The van der Waals surface area contributed by atoms with E-state index in [1.165, 1.54) is 38.8 Å². The Morgan fingerprint density at radius 2 is 2.26 bits per heavy atom. The second kappa shape index (κ2) is 6.23. The summed E-state index contributed by atoms with van der Waals surface area (Å²) in [6, 6.07) is 0.538. The molecule has 3 atom stereocenters. The number of carbonyl (C=O) groups is 1. The van der Waals surface area contributed by atoms with E-state index in [4.69, 9.17) is 5.73 Å². The number of nitrogens with two attached hydrogens (primary N) is 1. The molecule has 110 valence electrons. The van der Waals surface area contributed by atoms with Crippen LogP contribution in [0.2, 0.25) is 0 Å². The van der Waals surface area contributed by atoms with Crippen molar-refractivity contribution in [2.75, 3.05) is 20.1 Å². The van der Waals surface area contributed by atoms with E-state index in [9.17, 15) is 4.79 Å². The minimum Gasteiger partial charge on any atom is -0.368 e. The topological polar surface area (TPSA) is 58.4 Å². The third-order valence-corrected chi connectivity index (χ3v) is 5.21. The van der Waals surface area contributed by atoms with Gasteiger partial charge in [-0.25, -0.2) is 0 Å². The van der Waals surface area contributed by atoms with E-state index in [-0.39, 0.29) is 5.91 Å². The highest BCUT2D eigenvalue weighted by Crippen LogP contribution is 2.34. The maximum atomic E-state index is 11.8. The molecule has 2 fully saturated rings. The highest BCUT2D eigenvalue weighted by molar-refractivity contribution is 5.84. The quantitative estimate of drug-likeness (QED) is 0.793. The smallest absolute Gasteiger partial charge is 0.237 e. The van der Waals surface area contributed by atoms with E-state index in [1.807, 2.05) is 7.05 Å². The zero-order valence-electron chi connectivity index (χ0n) is 12.5. The van der Waals surface area contributed by atoms with Crippen LogP contribution >= 0.6 is 0 Å². The molecule has 0 radical (unpaired) electrons. The van der Waals surface area contributed by atoms with Gasteiger partial charge < -0.3 is 16.0 Å².